The zero-order valence-corrected chi connectivity index (χ0v) is 21.5. The average molecular weight is 585 g/mol. The molecule has 184 valence electrons. The van der Waals surface area contributed by atoms with Gasteiger partial charge in [0.25, 0.3) is 11.0 Å². The summed E-state index contributed by atoms with van der Waals surface area (Å²) in [5.74, 6) is -0.222. The van der Waals surface area contributed by atoms with Gasteiger partial charge in [0.05, 0.1) is 17.8 Å². The number of carbonyl (C=O) groups excluding carboxylic acids is 1. The maximum Gasteiger partial charge on any atom is 0.294 e. The largest absolute Gasteiger partial charge is 0.492 e. The van der Waals surface area contributed by atoms with Crippen molar-refractivity contribution in [1.29, 1.82) is 0 Å². The van der Waals surface area contributed by atoms with E-state index in [1.807, 2.05) is 24.3 Å². The molecule has 1 amide bonds. The Hall–Kier alpha value is -2.86. The van der Waals surface area contributed by atoms with Gasteiger partial charge in [-0.05, 0) is 43.2 Å². The van der Waals surface area contributed by atoms with Crippen molar-refractivity contribution in [1.82, 2.24) is 20.2 Å². The third-order valence-corrected chi connectivity index (χ3v) is 6.52. The van der Waals surface area contributed by atoms with Crippen LogP contribution in [0.2, 0.25) is 10.0 Å². The van der Waals surface area contributed by atoms with Gasteiger partial charge in [0.15, 0.2) is 11.4 Å². The van der Waals surface area contributed by atoms with Crippen molar-refractivity contribution < 1.29 is 19.5 Å². The maximum atomic E-state index is 13.3. The van der Waals surface area contributed by atoms with Crippen molar-refractivity contribution in [3.05, 3.63) is 72.8 Å². The first kappa shape index (κ1) is 25.2. The molecule has 1 aromatic heterocycles. The summed E-state index contributed by atoms with van der Waals surface area (Å²) in [5, 5.41) is 16.8. The van der Waals surface area contributed by atoms with Crippen LogP contribution in [0.5, 0.6) is 5.75 Å². The van der Waals surface area contributed by atoms with Crippen LogP contribution in [0.15, 0.2) is 46.9 Å². The van der Waals surface area contributed by atoms with Crippen molar-refractivity contribution in [2.75, 3.05) is 20.2 Å². The van der Waals surface area contributed by atoms with E-state index in [4.69, 9.17) is 27.9 Å². The summed E-state index contributed by atoms with van der Waals surface area (Å²) < 4.78 is 8.10. The number of hydrazine groups is 1. The molecule has 0 spiro atoms. The van der Waals surface area contributed by atoms with Crippen LogP contribution in [-0.4, -0.2) is 52.1 Å². The minimum atomic E-state index is -0.790. The van der Waals surface area contributed by atoms with Crippen LogP contribution >= 0.6 is 39.1 Å². The summed E-state index contributed by atoms with van der Waals surface area (Å²) in [6.07, 6.45) is 0.303. The van der Waals surface area contributed by atoms with E-state index in [2.05, 4.69) is 31.3 Å². The average Bonchev–Trinajstić information content (AvgIpc) is 3.20. The first-order valence-electron chi connectivity index (χ1n) is 10.5. The zero-order chi connectivity index (χ0) is 25.1. The highest BCUT2D eigenvalue weighted by Gasteiger charge is 2.29. The number of hydrogen-bond donors (Lipinski definition) is 1. The molecule has 35 heavy (non-hydrogen) atoms. The van der Waals surface area contributed by atoms with E-state index in [1.54, 1.807) is 27.9 Å². The summed E-state index contributed by atoms with van der Waals surface area (Å²) in [7, 11) is 1.46. The van der Waals surface area contributed by atoms with Gasteiger partial charge in [-0.1, -0.05) is 51.3 Å². The normalized spacial score (nSPS) is 14.5. The van der Waals surface area contributed by atoms with Crippen LogP contribution in [0, 0.1) is 10.1 Å². The summed E-state index contributed by atoms with van der Waals surface area (Å²) in [5.41, 5.74) is 4.67. The number of ether oxygens (including phenoxy) is 1. The van der Waals surface area contributed by atoms with Crippen molar-refractivity contribution in [3.8, 4) is 22.7 Å². The highest BCUT2D eigenvalue weighted by Crippen LogP contribution is 2.38. The van der Waals surface area contributed by atoms with Gasteiger partial charge in [-0.15, -0.1) is 10.1 Å². The second kappa shape index (κ2) is 10.8. The number of rotatable bonds is 7. The van der Waals surface area contributed by atoms with Crippen LogP contribution in [-0.2, 0) is 4.84 Å². The summed E-state index contributed by atoms with van der Waals surface area (Å²) >= 11 is 16.0. The molecule has 2 heterocycles. The Kier molecular flexibility index (Phi) is 7.80. The first-order chi connectivity index (χ1) is 16.8. The van der Waals surface area contributed by atoms with Crippen LogP contribution in [0.3, 0.4) is 0 Å². The fourth-order valence-corrected chi connectivity index (χ4v) is 4.58. The lowest BCUT2D eigenvalue weighted by molar-refractivity contribution is -0.769. The first-order valence-corrected chi connectivity index (χ1v) is 12.1. The number of piperidine rings is 1. The molecule has 0 unspecified atom stereocenters. The molecule has 10 nitrogen and oxygen atoms in total. The minimum absolute atomic E-state index is 0.0556. The van der Waals surface area contributed by atoms with Gasteiger partial charge in [-0.25, -0.2) is 9.69 Å². The van der Waals surface area contributed by atoms with Gasteiger partial charge in [-0.2, -0.15) is 5.10 Å². The lowest BCUT2D eigenvalue weighted by Gasteiger charge is -2.30. The fourth-order valence-electron chi connectivity index (χ4n) is 3.83. The molecule has 1 aliphatic heterocycles. The van der Waals surface area contributed by atoms with Gasteiger partial charge >= 0.3 is 0 Å². The Labute approximate surface area is 218 Å². The molecule has 0 radical (unpaired) electrons. The summed E-state index contributed by atoms with van der Waals surface area (Å²) in [4.78, 5) is 28.5. The monoisotopic (exact) mass is 583 g/mol. The Morgan fingerprint density at radius 3 is 2.49 bits per heavy atom. The van der Waals surface area contributed by atoms with Crippen LogP contribution in [0.4, 0.5) is 0 Å². The van der Waals surface area contributed by atoms with E-state index >= 15 is 0 Å². The van der Waals surface area contributed by atoms with Crippen LogP contribution in [0.1, 0.15) is 23.3 Å². The number of methoxy groups -OCH3 is 1. The van der Waals surface area contributed by atoms with Crippen molar-refractivity contribution in [3.63, 3.8) is 0 Å². The number of aromatic nitrogens is 2. The molecule has 1 aliphatic rings. The maximum absolute atomic E-state index is 13.3. The highest BCUT2D eigenvalue weighted by atomic mass is 79.9. The predicted octanol–water partition coefficient (Wildman–Crippen LogP) is 4.93. The number of benzene rings is 2. The topological polar surface area (TPSA) is 112 Å². The number of halogens is 3. The lowest BCUT2D eigenvalue weighted by Crippen LogP contribution is -2.48. The molecule has 13 heteroatoms. The molecule has 0 saturated carbocycles. The molecular weight excluding hydrogens is 565 g/mol. The van der Waals surface area contributed by atoms with Crippen LogP contribution in [0.25, 0.3) is 16.9 Å². The Morgan fingerprint density at radius 1 is 1.20 bits per heavy atom. The Bertz CT molecular complexity index is 1250. The Balaban J connectivity index is 1.69. The Morgan fingerprint density at radius 2 is 1.89 bits per heavy atom. The summed E-state index contributed by atoms with van der Waals surface area (Å²) in [6.45, 7) is 0.770. The number of nitrogens with zero attached hydrogens (tertiary/aromatic N) is 4. The van der Waals surface area contributed by atoms with E-state index in [-0.39, 0.29) is 11.4 Å². The van der Waals surface area contributed by atoms with Gasteiger partial charge in [-0.3, -0.25) is 10.2 Å². The second-order valence-electron chi connectivity index (χ2n) is 7.70. The minimum Gasteiger partial charge on any atom is -0.492 e. The molecule has 1 fully saturated rings. The molecule has 0 atom stereocenters. The number of hydrogen-bond acceptors (Lipinski definition) is 7. The van der Waals surface area contributed by atoms with Crippen molar-refractivity contribution >= 4 is 45.0 Å². The zero-order valence-electron chi connectivity index (χ0n) is 18.4. The standard InChI is InChI=1S/C22H20BrCl2N5O5/c1-34-21-19(22(31)27-28-10-8-16(9-11-28)35-30(32)33)26-29(18-7-6-15(24)12-17(18)25)20(21)13-2-4-14(23)5-3-13/h2-7,12,16H,8-11H2,1H3,(H,27,31). The molecular formula is C22H20BrCl2N5O5. The van der Waals surface area contributed by atoms with Gasteiger partial charge in [0.2, 0.25) is 0 Å². The summed E-state index contributed by atoms with van der Waals surface area (Å²) in [6, 6.07) is 12.5. The molecule has 0 aliphatic carbocycles. The molecule has 3 aromatic rings. The van der Waals surface area contributed by atoms with E-state index in [1.165, 1.54) is 7.11 Å². The molecule has 1 saturated heterocycles. The van der Waals surface area contributed by atoms with Crippen LogP contribution < -0.4 is 10.2 Å². The fraction of sp³-hybridized carbons (Fsp3) is 0.273. The molecule has 2 aromatic carbocycles. The van der Waals surface area contributed by atoms with Crippen molar-refractivity contribution in [2.24, 2.45) is 0 Å². The quantitative estimate of drug-likeness (QED) is 0.309. The smallest absolute Gasteiger partial charge is 0.294 e. The highest BCUT2D eigenvalue weighted by molar-refractivity contribution is 9.10. The van der Waals surface area contributed by atoms with E-state index < -0.39 is 17.1 Å². The van der Waals surface area contributed by atoms with E-state index in [0.717, 1.165) is 10.0 Å². The third kappa shape index (κ3) is 5.69. The number of nitrogens with one attached hydrogen (secondary N) is 1. The van der Waals surface area contributed by atoms with Gasteiger partial charge < -0.3 is 9.57 Å². The SMILES string of the molecule is COc1c(C(=O)NN2CCC(O[N+](=O)[O-])CC2)nn(-c2ccc(Cl)cc2Cl)c1-c1ccc(Br)cc1. The third-order valence-electron chi connectivity index (χ3n) is 5.45. The van der Waals surface area contributed by atoms with Gasteiger partial charge in [0, 0.05) is 28.1 Å². The number of amides is 1. The number of carbonyl (C=O) groups is 1. The second-order valence-corrected chi connectivity index (χ2v) is 9.46. The van der Waals surface area contributed by atoms with Gasteiger partial charge in [0.1, 0.15) is 11.8 Å². The van der Waals surface area contributed by atoms with E-state index in [0.29, 0.717) is 47.4 Å². The predicted molar refractivity (Wildman–Crippen MR) is 133 cm³/mol. The van der Waals surface area contributed by atoms with E-state index in [9.17, 15) is 14.9 Å². The molecule has 1 N–H and O–H groups in total. The van der Waals surface area contributed by atoms with Crippen molar-refractivity contribution in [2.45, 2.75) is 18.9 Å². The molecule has 4 rings (SSSR count). The molecule has 0 bridgehead atoms. The lowest BCUT2D eigenvalue weighted by atomic mass is 10.1.